The molecule has 8 nitrogen and oxygen atoms in total. The largest absolute Gasteiger partial charge is 0.465 e. The lowest BCUT2D eigenvalue weighted by Gasteiger charge is -2.34. The third-order valence-electron chi connectivity index (χ3n) is 4.99. The van der Waals surface area contributed by atoms with Gasteiger partial charge in [-0.3, -0.25) is 24.7 Å². The standard InChI is InChI=1S/C24H37N3O5S/c1-6-31-23(30)20(13-12-19-10-8-7-9-11-19)25-18(2)22(29)27(26-14-15-33-17-26)16-21(28)32-24(3,4)5/h7-11,18,20,25H,6,12-17H2,1-5H3/t18-,20-/m0/s1. The van der Waals surface area contributed by atoms with E-state index in [0.29, 0.717) is 25.3 Å². The predicted octanol–water partition coefficient (Wildman–Crippen LogP) is 2.62. The van der Waals surface area contributed by atoms with E-state index in [0.717, 1.165) is 11.3 Å². The van der Waals surface area contributed by atoms with Gasteiger partial charge in [-0.2, -0.15) is 0 Å². The van der Waals surface area contributed by atoms with Crippen LogP contribution in [0.25, 0.3) is 0 Å². The Labute approximate surface area is 201 Å². The molecule has 1 aromatic carbocycles. The van der Waals surface area contributed by atoms with Crippen LogP contribution in [0, 0.1) is 0 Å². The highest BCUT2D eigenvalue weighted by Gasteiger charge is 2.33. The van der Waals surface area contributed by atoms with Crippen molar-refractivity contribution in [2.24, 2.45) is 0 Å². The van der Waals surface area contributed by atoms with E-state index in [4.69, 9.17) is 9.47 Å². The number of nitrogens with zero attached hydrogens (tertiary/aromatic N) is 2. The van der Waals surface area contributed by atoms with Crippen LogP contribution < -0.4 is 5.32 Å². The van der Waals surface area contributed by atoms with Gasteiger partial charge in [-0.1, -0.05) is 30.3 Å². The first-order valence-electron chi connectivity index (χ1n) is 11.4. The van der Waals surface area contributed by atoms with Crippen molar-refractivity contribution in [1.29, 1.82) is 0 Å². The summed E-state index contributed by atoms with van der Waals surface area (Å²) in [5.41, 5.74) is 0.468. The van der Waals surface area contributed by atoms with E-state index in [1.54, 1.807) is 46.4 Å². The molecule has 1 aliphatic heterocycles. The van der Waals surface area contributed by atoms with Crippen molar-refractivity contribution in [2.45, 2.75) is 65.1 Å². The predicted molar refractivity (Wildman–Crippen MR) is 129 cm³/mol. The second-order valence-corrected chi connectivity index (χ2v) is 10.0. The van der Waals surface area contributed by atoms with Crippen LogP contribution in [0.15, 0.2) is 30.3 Å². The number of benzene rings is 1. The van der Waals surface area contributed by atoms with Gasteiger partial charge in [0, 0.05) is 12.3 Å². The van der Waals surface area contributed by atoms with Crippen LogP contribution in [0.5, 0.6) is 0 Å². The average Bonchev–Trinajstić information content (AvgIpc) is 3.28. The van der Waals surface area contributed by atoms with Gasteiger partial charge in [-0.15, -0.1) is 11.8 Å². The fraction of sp³-hybridized carbons (Fsp3) is 0.625. The molecule has 1 N–H and O–H groups in total. The van der Waals surface area contributed by atoms with E-state index in [2.05, 4.69) is 5.32 Å². The number of carbonyl (C=O) groups excluding carboxylic acids is 3. The second-order valence-electron chi connectivity index (χ2n) is 8.97. The Balaban J connectivity index is 2.09. The quantitative estimate of drug-likeness (QED) is 0.485. The molecule has 0 bridgehead atoms. The van der Waals surface area contributed by atoms with Gasteiger partial charge in [-0.25, -0.2) is 5.01 Å². The first kappa shape index (κ1) is 27.1. The number of ether oxygens (including phenoxy) is 2. The Morgan fingerprint density at radius 2 is 1.91 bits per heavy atom. The molecule has 0 aliphatic carbocycles. The van der Waals surface area contributed by atoms with Crippen LogP contribution in [0.4, 0.5) is 0 Å². The molecule has 1 heterocycles. The molecule has 1 aromatic rings. The zero-order chi connectivity index (χ0) is 24.4. The van der Waals surface area contributed by atoms with Gasteiger partial charge >= 0.3 is 11.9 Å². The first-order valence-corrected chi connectivity index (χ1v) is 12.6. The zero-order valence-corrected chi connectivity index (χ0v) is 21.2. The van der Waals surface area contributed by atoms with Crippen LogP contribution in [-0.2, 0) is 30.3 Å². The highest BCUT2D eigenvalue weighted by atomic mass is 32.2. The number of nitrogens with one attached hydrogen (secondary N) is 1. The smallest absolute Gasteiger partial charge is 0.327 e. The molecule has 9 heteroatoms. The number of thioether (sulfide) groups is 1. The summed E-state index contributed by atoms with van der Waals surface area (Å²) in [5.74, 6) is 0.366. The first-order chi connectivity index (χ1) is 15.6. The van der Waals surface area contributed by atoms with E-state index in [1.807, 2.05) is 35.3 Å². The lowest BCUT2D eigenvalue weighted by molar-refractivity contribution is -0.168. The molecule has 0 saturated carbocycles. The third-order valence-corrected chi connectivity index (χ3v) is 5.94. The normalized spacial score (nSPS) is 16.2. The lowest BCUT2D eigenvalue weighted by atomic mass is 10.0. The molecule has 184 valence electrons. The molecule has 1 aliphatic rings. The molecule has 1 fully saturated rings. The van der Waals surface area contributed by atoms with Crippen LogP contribution in [-0.4, -0.2) is 76.9 Å². The van der Waals surface area contributed by atoms with Crippen molar-refractivity contribution in [1.82, 2.24) is 15.3 Å². The highest BCUT2D eigenvalue weighted by Crippen LogP contribution is 2.18. The summed E-state index contributed by atoms with van der Waals surface area (Å²) in [7, 11) is 0. The number of esters is 2. The fourth-order valence-corrected chi connectivity index (χ4v) is 4.42. The van der Waals surface area contributed by atoms with Crippen molar-refractivity contribution < 1.29 is 23.9 Å². The van der Waals surface area contributed by atoms with E-state index >= 15 is 0 Å². The van der Waals surface area contributed by atoms with Gasteiger partial charge in [-0.05, 0) is 53.0 Å². The van der Waals surface area contributed by atoms with E-state index < -0.39 is 23.7 Å². The van der Waals surface area contributed by atoms with Gasteiger partial charge in [0.1, 0.15) is 18.2 Å². The molecule has 1 amide bonds. The summed E-state index contributed by atoms with van der Waals surface area (Å²) in [5, 5.41) is 6.45. The number of hydrogen-bond donors (Lipinski definition) is 1. The molecule has 0 spiro atoms. The van der Waals surface area contributed by atoms with Gasteiger partial charge < -0.3 is 9.47 Å². The minimum atomic E-state index is -0.691. The Morgan fingerprint density at radius 1 is 1.21 bits per heavy atom. The Morgan fingerprint density at radius 3 is 2.48 bits per heavy atom. The Hall–Kier alpha value is -2.10. The van der Waals surface area contributed by atoms with Crippen molar-refractivity contribution in [3.05, 3.63) is 35.9 Å². The molecule has 2 atom stereocenters. The number of hydrogen-bond acceptors (Lipinski definition) is 8. The minimum Gasteiger partial charge on any atom is -0.465 e. The second kappa shape index (κ2) is 13.0. The van der Waals surface area contributed by atoms with Crippen molar-refractivity contribution >= 4 is 29.6 Å². The number of carbonyl (C=O) groups is 3. The van der Waals surface area contributed by atoms with Gasteiger partial charge in [0.2, 0.25) is 0 Å². The summed E-state index contributed by atoms with van der Waals surface area (Å²) in [6.07, 6.45) is 1.16. The number of aryl methyl sites for hydroxylation is 1. The maximum absolute atomic E-state index is 13.4. The highest BCUT2D eigenvalue weighted by molar-refractivity contribution is 7.99. The van der Waals surface area contributed by atoms with Crippen LogP contribution in [0.2, 0.25) is 0 Å². The van der Waals surface area contributed by atoms with Crippen LogP contribution >= 0.6 is 11.8 Å². The molecule has 0 radical (unpaired) electrons. The summed E-state index contributed by atoms with van der Waals surface area (Å²) >= 11 is 1.70. The summed E-state index contributed by atoms with van der Waals surface area (Å²) < 4.78 is 10.7. The maximum Gasteiger partial charge on any atom is 0.327 e. The Kier molecular flexibility index (Phi) is 10.7. The molecule has 33 heavy (non-hydrogen) atoms. The number of rotatable bonds is 11. The van der Waals surface area contributed by atoms with E-state index in [-0.39, 0.29) is 25.0 Å². The van der Waals surface area contributed by atoms with Crippen molar-refractivity contribution in [2.75, 3.05) is 31.3 Å². The van der Waals surface area contributed by atoms with Crippen molar-refractivity contribution in [3.8, 4) is 0 Å². The zero-order valence-electron chi connectivity index (χ0n) is 20.3. The van der Waals surface area contributed by atoms with Crippen LogP contribution in [0.3, 0.4) is 0 Å². The van der Waals surface area contributed by atoms with E-state index in [9.17, 15) is 14.4 Å². The molecule has 2 rings (SSSR count). The monoisotopic (exact) mass is 479 g/mol. The topological polar surface area (TPSA) is 88.2 Å². The summed E-state index contributed by atoms with van der Waals surface area (Å²) in [4.78, 5) is 38.4. The number of hydrazine groups is 1. The SMILES string of the molecule is CCOC(=O)[C@H](CCc1ccccc1)N[C@@H](C)C(=O)N(CC(=O)OC(C)(C)C)N1CCSC1. The minimum absolute atomic E-state index is 0.170. The molecule has 1 saturated heterocycles. The molecule has 0 unspecified atom stereocenters. The van der Waals surface area contributed by atoms with Crippen molar-refractivity contribution in [3.63, 3.8) is 0 Å². The van der Waals surface area contributed by atoms with Gasteiger partial charge in [0.05, 0.1) is 18.5 Å². The molecule has 0 aromatic heterocycles. The van der Waals surface area contributed by atoms with Gasteiger partial charge in [0.15, 0.2) is 0 Å². The van der Waals surface area contributed by atoms with Crippen LogP contribution in [0.1, 0.15) is 46.6 Å². The summed E-state index contributed by atoms with van der Waals surface area (Å²) in [6.45, 7) is 9.62. The van der Waals surface area contributed by atoms with E-state index in [1.165, 1.54) is 5.01 Å². The fourth-order valence-electron chi connectivity index (χ4n) is 3.47. The Bertz CT molecular complexity index is 778. The lowest BCUT2D eigenvalue weighted by Crippen LogP contribution is -2.56. The maximum atomic E-state index is 13.4. The third kappa shape index (κ3) is 9.35. The molecular formula is C24H37N3O5S. The van der Waals surface area contributed by atoms with Gasteiger partial charge in [0.25, 0.3) is 5.91 Å². The number of amides is 1. The summed E-state index contributed by atoms with van der Waals surface area (Å²) in [6, 6.07) is 8.53. The molecular weight excluding hydrogens is 442 g/mol. The average molecular weight is 480 g/mol.